The van der Waals surface area contributed by atoms with Crippen molar-refractivity contribution in [3.05, 3.63) is 11.6 Å². The molecule has 0 saturated carbocycles. The average molecular weight is 297 g/mol. The molecule has 2 aliphatic rings. The summed E-state index contributed by atoms with van der Waals surface area (Å²) in [5.74, 6) is -0.314. The summed E-state index contributed by atoms with van der Waals surface area (Å²) < 4.78 is 10.8. The molecule has 0 aromatic heterocycles. The van der Waals surface area contributed by atoms with Crippen LogP contribution in [-0.4, -0.2) is 61.0 Å². The first-order chi connectivity index (χ1) is 9.95. The van der Waals surface area contributed by atoms with Crippen molar-refractivity contribution in [3.8, 4) is 0 Å². The highest BCUT2D eigenvalue weighted by molar-refractivity contribution is 5.73. The van der Waals surface area contributed by atoms with Crippen LogP contribution in [-0.2, 0) is 14.3 Å². The third-order valence-corrected chi connectivity index (χ3v) is 4.69. The van der Waals surface area contributed by atoms with Crippen molar-refractivity contribution >= 4 is 5.97 Å². The van der Waals surface area contributed by atoms with Gasteiger partial charge in [-0.15, -0.1) is 0 Å². The van der Waals surface area contributed by atoms with Crippen LogP contribution in [0.1, 0.15) is 27.2 Å². The Bertz CT molecular complexity index is 407. The lowest BCUT2D eigenvalue weighted by Gasteiger charge is -2.26. The molecule has 21 heavy (non-hydrogen) atoms. The van der Waals surface area contributed by atoms with Gasteiger partial charge in [0.25, 0.3) is 0 Å². The lowest BCUT2D eigenvalue weighted by atomic mass is 9.91. The van der Waals surface area contributed by atoms with Gasteiger partial charge in [0.05, 0.1) is 24.2 Å². The van der Waals surface area contributed by atoms with Crippen LogP contribution in [0.3, 0.4) is 0 Å². The molecule has 0 amide bonds. The SMILES string of the molecule is CO[C@H](C)[C@@H](C(=O)OCC1=CCN2CC[C@@H](O)[C@@H]12)C(C)C. The summed E-state index contributed by atoms with van der Waals surface area (Å²) >= 11 is 0. The Morgan fingerprint density at radius 1 is 1.48 bits per heavy atom. The van der Waals surface area contributed by atoms with Crippen LogP contribution in [0.25, 0.3) is 0 Å². The molecule has 0 aliphatic carbocycles. The fourth-order valence-electron chi connectivity index (χ4n) is 3.43. The standard InChI is InChI=1S/C16H27NO4/c1-10(2)14(11(3)20-4)16(19)21-9-12-5-7-17-8-6-13(18)15(12)17/h5,10-11,13-15,18H,6-9H2,1-4H3/t11-,13-,14+,15-/m1/s1. The van der Waals surface area contributed by atoms with Gasteiger partial charge < -0.3 is 14.6 Å². The number of hydrogen-bond donors (Lipinski definition) is 1. The Labute approximate surface area is 126 Å². The van der Waals surface area contributed by atoms with Gasteiger partial charge in [-0.2, -0.15) is 0 Å². The first-order valence-electron chi connectivity index (χ1n) is 7.76. The van der Waals surface area contributed by atoms with Gasteiger partial charge in [0.2, 0.25) is 0 Å². The van der Waals surface area contributed by atoms with Crippen LogP contribution < -0.4 is 0 Å². The van der Waals surface area contributed by atoms with Crippen molar-refractivity contribution in [2.24, 2.45) is 11.8 Å². The van der Waals surface area contributed by atoms with E-state index in [1.165, 1.54) is 0 Å². The van der Waals surface area contributed by atoms with E-state index in [-0.39, 0.29) is 42.7 Å². The third-order valence-electron chi connectivity index (χ3n) is 4.69. The zero-order valence-corrected chi connectivity index (χ0v) is 13.4. The molecule has 0 aromatic carbocycles. The monoisotopic (exact) mass is 297 g/mol. The molecule has 0 bridgehead atoms. The third kappa shape index (κ3) is 3.47. The van der Waals surface area contributed by atoms with Crippen molar-refractivity contribution < 1.29 is 19.4 Å². The van der Waals surface area contributed by atoms with E-state index in [1.54, 1.807) is 7.11 Å². The molecular weight excluding hydrogens is 270 g/mol. The molecule has 2 heterocycles. The maximum atomic E-state index is 12.3. The van der Waals surface area contributed by atoms with E-state index in [0.29, 0.717) is 0 Å². The summed E-state index contributed by atoms with van der Waals surface area (Å²) in [5, 5.41) is 10.0. The minimum Gasteiger partial charge on any atom is -0.461 e. The number of aliphatic hydroxyl groups is 1. The van der Waals surface area contributed by atoms with Crippen molar-refractivity contribution in [2.45, 2.75) is 45.4 Å². The summed E-state index contributed by atoms with van der Waals surface area (Å²) in [5.41, 5.74) is 1.03. The zero-order valence-electron chi connectivity index (χ0n) is 13.4. The average Bonchev–Trinajstić information content (AvgIpc) is 3.00. The number of methoxy groups -OCH3 is 1. The molecule has 2 rings (SSSR count). The summed E-state index contributed by atoms with van der Waals surface area (Å²) in [7, 11) is 1.61. The van der Waals surface area contributed by atoms with E-state index in [1.807, 2.05) is 20.8 Å². The van der Waals surface area contributed by atoms with Crippen molar-refractivity contribution in [1.29, 1.82) is 0 Å². The fraction of sp³-hybridized carbons (Fsp3) is 0.812. The Morgan fingerprint density at radius 3 is 2.81 bits per heavy atom. The minimum atomic E-state index is -0.337. The van der Waals surface area contributed by atoms with Gasteiger partial charge in [-0.25, -0.2) is 0 Å². The molecule has 0 radical (unpaired) electrons. The number of fused-ring (bicyclic) bond motifs is 1. The van der Waals surface area contributed by atoms with E-state index in [4.69, 9.17) is 9.47 Å². The molecule has 1 N–H and O–H groups in total. The number of hydrogen-bond acceptors (Lipinski definition) is 5. The second kappa shape index (κ2) is 6.90. The smallest absolute Gasteiger partial charge is 0.312 e. The lowest BCUT2D eigenvalue weighted by Crippen LogP contribution is -2.36. The minimum absolute atomic E-state index is 0.0372. The predicted octanol–water partition coefficient (Wildman–Crippen LogP) is 1.21. The largest absolute Gasteiger partial charge is 0.461 e. The Morgan fingerprint density at radius 2 is 2.19 bits per heavy atom. The summed E-state index contributed by atoms with van der Waals surface area (Å²) in [6.07, 6.45) is 2.37. The first kappa shape index (κ1) is 16.5. The highest BCUT2D eigenvalue weighted by Crippen LogP contribution is 2.29. The van der Waals surface area contributed by atoms with Crippen LogP contribution >= 0.6 is 0 Å². The van der Waals surface area contributed by atoms with E-state index < -0.39 is 0 Å². The van der Waals surface area contributed by atoms with Gasteiger partial charge in [-0.1, -0.05) is 19.9 Å². The van der Waals surface area contributed by atoms with Crippen molar-refractivity contribution in [2.75, 3.05) is 26.8 Å². The van der Waals surface area contributed by atoms with Crippen LogP contribution in [0.5, 0.6) is 0 Å². The molecule has 0 aromatic rings. The van der Waals surface area contributed by atoms with E-state index in [9.17, 15) is 9.90 Å². The number of aliphatic hydroxyl groups excluding tert-OH is 1. The van der Waals surface area contributed by atoms with E-state index >= 15 is 0 Å². The Kier molecular flexibility index (Phi) is 5.41. The van der Waals surface area contributed by atoms with Gasteiger partial charge in [-0.05, 0) is 24.8 Å². The number of esters is 1. The second-order valence-electron chi connectivity index (χ2n) is 6.39. The maximum absolute atomic E-state index is 12.3. The second-order valence-corrected chi connectivity index (χ2v) is 6.39. The molecule has 5 heteroatoms. The highest BCUT2D eigenvalue weighted by atomic mass is 16.5. The number of carbonyl (C=O) groups is 1. The summed E-state index contributed by atoms with van der Waals surface area (Å²) in [6.45, 7) is 7.92. The summed E-state index contributed by atoms with van der Waals surface area (Å²) in [6, 6.07) is 0.0372. The van der Waals surface area contributed by atoms with Gasteiger partial charge >= 0.3 is 5.97 Å². The molecular formula is C16H27NO4. The molecule has 1 saturated heterocycles. The topological polar surface area (TPSA) is 59.0 Å². The fourth-order valence-corrected chi connectivity index (χ4v) is 3.43. The molecule has 1 fully saturated rings. The molecule has 5 nitrogen and oxygen atoms in total. The highest BCUT2D eigenvalue weighted by Gasteiger charge is 2.39. The maximum Gasteiger partial charge on any atom is 0.312 e. The number of nitrogens with zero attached hydrogens (tertiary/aromatic N) is 1. The first-order valence-corrected chi connectivity index (χ1v) is 7.76. The van der Waals surface area contributed by atoms with Gasteiger partial charge in [-0.3, -0.25) is 9.69 Å². The van der Waals surface area contributed by atoms with Gasteiger partial charge in [0, 0.05) is 20.2 Å². The number of ether oxygens (including phenoxy) is 2. The summed E-state index contributed by atoms with van der Waals surface area (Å²) in [4.78, 5) is 14.5. The lowest BCUT2D eigenvalue weighted by molar-refractivity contribution is -0.154. The van der Waals surface area contributed by atoms with Crippen LogP contribution in [0.2, 0.25) is 0 Å². The number of carbonyl (C=O) groups excluding carboxylic acids is 1. The number of rotatable bonds is 6. The zero-order chi connectivity index (χ0) is 15.6. The van der Waals surface area contributed by atoms with Crippen molar-refractivity contribution in [1.82, 2.24) is 4.90 Å². The molecule has 0 unspecified atom stereocenters. The Hall–Kier alpha value is -0.910. The normalized spacial score (nSPS) is 28.4. The van der Waals surface area contributed by atoms with Gasteiger partial charge in [0.1, 0.15) is 6.61 Å². The molecule has 4 atom stereocenters. The van der Waals surface area contributed by atoms with Gasteiger partial charge in [0.15, 0.2) is 0 Å². The van der Waals surface area contributed by atoms with E-state index in [0.717, 1.165) is 25.1 Å². The molecule has 0 spiro atoms. The molecule has 2 aliphatic heterocycles. The quantitative estimate of drug-likeness (QED) is 0.590. The van der Waals surface area contributed by atoms with Crippen LogP contribution in [0.15, 0.2) is 11.6 Å². The van der Waals surface area contributed by atoms with Crippen LogP contribution in [0.4, 0.5) is 0 Å². The predicted molar refractivity (Wildman–Crippen MR) is 79.8 cm³/mol. The molecule has 120 valence electrons. The van der Waals surface area contributed by atoms with E-state index in [2.05, 4.69) is 11.0 Å². The Balaban J connectivity index is 1.91. The van der Waals surface area contributed by atoms with Crippen LogP contribution in [0, 0.1) is 11.8 Å². The van der Waals surface area contributed by atoms with Crippen molar-refractivity contribution in [3.63, 3.8) is 0 Å².